The summed E-state index contributed by atoms with van der Waals surface area (Å²) >= 11 is 0. The molecule has 0 atom stereocenters. The Morgan fingerprint density at radius 1 is 1.14 bits per heavy atom. The first-order chi connectivity index (χ1) is 6.86. The van der Waals surface area contributed by atoms with E-state index in [2.05, 4.69) is 0 Å². The number of ether oxygens (including phenoxy) is 2. The minimum absolute atomic E-state index is 0.590. The fourth-order valence-corrected chi connectivity index (χ4v) is 1.16. The molecule has 0 spiro atoms. The molecule has 0 aliphatic heterocycles. The van der Waals surface area contributed by atoms with Crippen molar-refractivity contribution in [2.75, 3.05) is 26.9 Å². The lowest BCUT2D eigenvalue weighted by Crippen LogP contribution is -2.05. The molecular formula is C11H17NO2. The third-order valence-corrected chi connectivity index (χ3v) is 1.91. The summed E-state index contributed by atoms with van der Waals surface area (Å²) in [5.74, 6) is 0.878. The Morgan fingerprint density at radius 3 is 2.43 bits per heavy atom. The fourth-order valence-electron chi connectivity index (χ4n) is 1.16. The summed E-state index contributed by atoms with van der Waals surface area (Å²) < 4.78 is 10.3. The van der Waals surface area contributed by atoms with Crippen LogP contribution in [0.4, 0.5) is 0 Å². The Balaban J connectivity index is 2.38. The fraction of sp³-hybridized carbons (Fsp3) is 0.455. The summed E-state index contributed by atoms with van der Waals surface area (Å²) in [6.07, 6.45) is 0.915. The molecule has 78 valence electrons. The highest BCUT2D eigenvalue weighted by atomic mass is 16.5. The van der Waals surface area contributed by atoms with Gasteiger partial charge < -0.3 is 15.2 Å². The summed E-state index contributed by atoms with van der Waals surface area (Å²) in [5.41, 5.74) is 6.69. The van der Waals surface area contributed by atoms with Crippen molar-refractivity contribution in [1.82, 2.24) is 0 Å². The van der Waals surface area contributed by atoms with E-state index in [1.807, 2.05) is 24.3 Å². The first-order valence-electron chi connectivity index (χ1n) is 4.77. The van der Waals surface area contributed by atoms with Gasteiger partial charge in [-0.05, 0) is 30.7 Å². The molecule has 0 amide bonds. The second-order valence-electron chi connectivity index (χ2n) is 3.02. The highest BCUT2D eigenvalue weighted by molar-refractivity contribution is 5.27. The average molecular weight is 195 g/mol. The molecule has 0 heterocycles. The van der Waals surface area contributed by atoms with Crippen molar-refractivity contribution in [2.45, 2.75) is 6.42 Å². The Kier molecular flexibility index (Phi) is 5.04. The molecule has 1 aromatic rings. The zero-order valence-corrected chi connectivity index (χ0v) is 8.53. The van der Waals surface area contributed by atoms with Crippen LogP contribution in [0.3, 0.4) is 0 Å². The Morgan fingerprint density at radius 2 is 1.86 bits per heavy atom. The van der Waals surface area contributed by atoms with Crippen molar-refractivity contribution in [2.24, 2.45) is 5.73 Å². The van der Waals surface area contributed by atoms with Crippen molar-refractivity contribution in [3.05, 3.63) is 29.8 Å². The van der Waals surface area contributed by atoms with Gasteiger partial charge in [-0.1, -0.05) is 12.1 Å². The predicted molar refractivity (Wildman–Crippen MR) is 56.6 cm³/mol. The summed E-state index contributed by atoms with van der Waals surface area (Å²) in [7, 11) is 1.66. The van der Waals surface area contributed by atoms with E-state index in [4.69, 9.17) is 15.2 Å². The predicted octanol–water partition coefficient (Wildman–Crippen LogP) is 1.21. The second-order valence-corrected chi connectivity index (χ2v) is 3.02. The molecule has 0 aliphatic rings. The van der Waals surface area contributed by atoms with E-state index in [0.29, 0.717) is 19.8 Å². The number of hydrogen-bond donors (Lipinski definition) is 1. The van der Waals surface area contributed by atoms with Crippen LogP contribution in [0, 0.1) is 0 Å². The third-order valence-electron chi connectivity index (χ3n) is 1.91. The Labute approximate surface area is 84.8 Å². The van der Waals surface area contributed by atoms with Gasteiger partial charge in [0.05, 0.1) is 6.61 Å². The number of hydrogen-bond acceptors (Lipinski definition) is 3. The third kappa shape index (κ3) is 3.77. The van der Waals surface area contributed by atoms with Crippen molar-refractivity contribution in [1.29, 1.82) is 0 Å². The van der Waals surface area contributed by atoms with Gasteiger partial charge in [0.15, 0.2) is 0 Å². The first-order valence-corrected chi connectivity index (χ1v) is 4.77. The lowest BCUT2D eigenvalue weighted by molar-refractivity contribution is 0.146. The Bertz CT molecular complexity index is 246. The van der Waals surface area contributed by atoms with E-state index in [0.717, 1.165) is 12.2 Å². The highest BCUT2D eigenvalue weighted by Crippen LogP contribution is 2.11. The molecule has 1 rings (SSSR count). The maximum Gasteiger partial charge on any atom is 0.119 e. The van der Waals surface area contributed by atoms with E-state index in [1.54, 1.807) is 7.11 Å². The topological polar surface area (TPSA) is 44.5 Å². The van der Waals surface area contributed by atoms with Gasteiger partial charge in [-0.2, -0.15) is 0 Å². The molecule has 0 bridgehead atoms. The van der Waals surface area contributed by atoms with E-state index < -0.39 is 0 Å². The molecule has 0 saturated heterocycles. The quantitative estimate of drug-likeness (QED) is 0.694. The number of benzene rings is 1. The van der Waals surface area contributed by atoms with Gasteiger partial charge in [0, 0.05) is 7.11 Å². The second kappa shape index (κ2) is 6.40. The number of nitrogens with two attached hydrogens (primary N) is 1. The standard InChI is InChI=1S/C11H17NO2/c1-13-8-9-14-11-4-2-10(3-5-11)6-7-12/h2-5H,6-9,12H2,1H3. The lowest BCUT2D eigenvalue weighted by Gasteiger charge is -2.05. The van der Waals surface area contributed by atoms with Crippen molar-refractivity contribution in [3.63, 3.8) is 0 Å². The zero-order valence-electron chi connectivity index (χ0n) is 8.53. The van der Waals surface area contributed by atoms with Crippen LogP contribution in [0.5, 0.6) is 5.75 Å². The molecule has 3 nitrogen and oxygen atoms in total. The van der Waals surface area contributed by atoms with Crippen LogP contribution in [-0.4, -0.2) is 26.9 Å². The van der Waals surface area contributed by atoms with Gasteiger partial charge in [-0.15, -0.1) is 0 Å². The normalized spacial score (nSPS) is 10.1. The SMILES string of the molecule is COCCOc1ccc(CCN)cc1. The number of rotatable bonds is 6. The molecular weight excluding hydrogens is 178 g/mol. The van der Waals surface area contributed by atoms with Crippen molar-refractivity contribution in [3.8, 4) is 5.75 Å². The zero-order chi connectivity index (χ0) is 10.2. The van der Waals surface area contributed by atoms with E-state index in [1.165, 1.54) is 5.56 Å². The van der Waals surface area contributed by atoms with Gasteiger partial charge in [0.2, 0.25) is 0 Å². The summed E-state index contributed by atoms with van der Waals surface area (Å²) in [6, 6.07) is 7.99. The highest BCUT2D eigenvalue weighted by Gasteiger charge is 1.94. The molecule has 3 heteroatoms. The average Bonchev–Trinajstić information content (AvgIpc) is 2.21. The molecule has 0 aliphatic carbocycles. The number of methoxy groups -OCH3 is 1. The largest absolute Gasteiger partial charge is 0.491 e. The summed E-state index contributed by atoms with van der Waals surface area (Å²) in [6.45, 7) is 1.89. The van der Waals surface area contributed by atoms with Crippen LogP contribution in [0.1, 0.15) is 5.56 Å². The van der Waals surface area contributed by atoms with E-state index in [9.17, 15) is 0 Å². The molecule has 0 aromatic heterocycles. The van der Waals surface area contributed by atoms with Crippen LogP contribution >= 0.6 is 0 Å². The molecule has 0 radical (unpaired) electrons. The summed E-state index contributed by atoms with van der Waals surface area (Å²) in [5, 5.41) is 0. The first kappa shape index (κ1) is 11.0. The van der Waals surface area contributed by atoms with Gasteiger partial charge in [0.1, 0.15) is 12.4 Å². The smallest absolute Gasteiger partial charge is 0.119 e. The minimum Gasteiger partial charge on any atom is -0.491 e. The van der Waals surface area contributed by atoms with Crippen molar-refractivity contribution >= 4 is 0 Å². The summed E-state index contributed by atoms with van der Waals surface area (Å²) in [4.78, 5) is 0. The monoisotopic (exact) mass is 195 g/mol. The van der Waals surface area contributed by atoms with Crippen LogP contribution in [0.15, 0.2) is 24.3 Å². The van der Waals surface area contributed by atoms with Gasteiger partial charge in [-0.25, -0.2) is 0 Å². The van der Waals surface area contributed by atoms with Gasteiger partial charge >= 0.3 is 0 Å². The molecule has 1 aromatic carbocycles. The molecule has 0 saturated carbocycles. The molecule has 0 unspecified atom stereocenters. The van der Waals surface area contributed by atoms with E-state index >= 15 is 0 Å². The maximum atomic E-state index is 5.45. The van der Waals surface area contributed by atoms with Crippen LogP contribution in [0.2, 0.25) is 0 Å². The van der Waals surface area contributed by atoms with Crippen LogP contribution in [-0.2, 0) is 11.2 Å². The molecule has 0 fully saturated rings. The Hall–Kier alpha value is -1.06. The minimum atomic E-state index is 0.590. The van der Waals surface area contributed by atoms with Gasteiger partial charge in [-0.3, -0.25) is 0 Å². The van der Waals surface area contributed by atoms with Crippen molar-refractivity contribution < 1.29 is 9.47 Å². The molecule has 14 heavy (non-hydrogen) atoms. The van der Waals surface area contributed by atoms with E-state index in [-0.39, 0.29) is 0 Å². The lowest BCUT2D eigenvalue weighted by atomic mass is 10.1. The maximum absolute atomic E-state index is 5.45. The van der Waals surface area contributed by atoms with Crippen LogP contribution in [0.25, 0.3) is 0 Å². The molecule has 2 N–H and O–H groups in total. The van der Waals surface area contributed by atoms with Gasteiger partial charge in [0.25, 0.3) is 0 Å². The van der Waals surface area contributed by atoms with Crippen LogP contribution < -0.4 is 10.5 Å².